The van der Waals surface area contributed by atoms with Crippen LogP contribution in [0.1, 0.15) is 268 Å². The molecule has 2 aliphatic carbocycles. The van der Waals surface area contributed by atoms with Crippen LogP contribution in [-0.4, -0.2) is 153 Å². The van der Waals surface area contributed by atoms with Crippen LogP contribution in [0.15, 0.2) is 159 Å². The first kappa shape index (κ1) is 94.3. The predicted molar refractivity (Wildman–Crippen MR) is 479 cm³/mol. The fourth-order valence-corrected chi connectivity index (χ4v) is 16.4. The molecule has 0 aromatic heterocycles. The van der Waals surface area contributed by atoms with E-state index in [1.165, 1.54) is 6.07 Å². The van der Waals surface area contributed by atoms with Crippen molar-refractivity contribution >= 4 is 52.3 Å². The molecule has 0 radical (unpaired) electrons. The topological polar surface area (TPSA) is 263 Å². The molecule has 5 aliphatic rings. The highest BCUT2D eigenvalue weighted by Gasteiger charge is 2.37. The number of benzene rings is 7. The van der Waals surface area contributed by atoms with Crippen molar-refractivity contribution in [1.29, 1.82) is 0 Å². The minimum absolute atomic E-state index is 0.00371. The van der Waals surface area contributed by atoms with E-state index in [9.17, 15) is 49.2 Å². The molecule has 7 aromatic rings. The second kappa shape index (κ2) is 45.9. The molecule has 0 spiro atoms. The van der Waals surface area contributed by atoms with Crippen molar-refractivity contribution in [3.8, 4) is 28.7 Å². The zero-order valence-electron chi connectivity index (χ0n) is 73.5. The van der Waals surface area contributed by atoms with Crippen LogP contribution in [0.2, 0.25) is 0 Å². The number of aromatic hydroxyl groups is 2. The number of amides is 3. The quantitative estimate of drug-likeness (QED) is 0.0214. The maximum absolute atomic E-state index is 13.9. The summed E-state index contributed by atoms with van der Waals surface area (Å²) in [6, 6.07) is 42.9. The number of aliphatic hydroxyl groups excluding tert-OH is 1. The molecule has 5 atom stereocenters. The number of carboxylic acids is 1. The highest BCUT2D eigenvalue weighted by Crippen LogP contribution is 2.38. The first-order chi connectivity index (χ1) is 57.9. The smallest absolute Gasteiger partial charge is 0.335 e. The highest BCUT2D eigenvalue weighted by atomic mass is 16.6. The molecule has 6 N–H and O–H groups in total. The predicted octanol–water partition coefficient (Wildman–Crippen LogP) is 19.5. The molecule has 5 fully saturated rings. The van der Waals surface area contributed by atoms with Gasteiger partial charge in [0.1, 0.15) is 72.9 Å². The number of nitrogens with one attached hydrogen (secondary N) is 2. The summed E-state index contributed by atoms with van der Waals surface area (Å²) < 4.78 is 29.7. The molecule has 0 unspecified atom stereocenters. The largest absolute Gasteiger partial charge is 0.508 e. The number of phenolic OH excluding ortho intramolecular Hbond substituents is 2. The molecule has 2 saturated carbocycles. The highest BCUT2D eigenvalue weighted by molar-refractivity contribution is 5.99. The molecule has 121 heavy (non-hydrogen) atoms. The SMILES string of the molecule is C=C(C)c1cc(C(=O)N2CCC[C@@H]2CN[C@@H](CC(C)C)C(=O)OC2CCCC2)c(C)cc1OCc1ccccc1.C=C(C)c1cc(C(=O)N2CCC[C@@H]2CO)c(C)cc1OCc1ccccc1.C=C(C)c1cc(C(=O)O)c(C)cc1OCc1ccccc1.CC(C)C[C@H](NC[C@H]1CCCN1C(=O)c1cc(C(C)C)c(O)cc1O)C(=O)OC1CCCC1. The fourth-order valence-electron chi connectivity index (χ4n) is 16.4. The summed E-state index contributed by atoms with van der Waals surface area (Å²) in [5, 5.41) is 46.1. The van der Waals surface area contributed by atoms with Crippen molar-refractivity contribution in [1.82, 2.24) is 25.3 Å². The number of carbonyl (C=O) groups is 6. The summed E-state index contributed by atoms with van der Waals surface area (Å²) in [5.74, 6) is 1.12. The number of ether oxygens (including phenoxy) is 5. The maximum atomic E-state index is 13.9. The van der Waals surface area contributed by atoms with E-state index in [0.29, 0.717) is 98.8 Å². The van der Waals surface area contributed by atoms with E-state index >= 15 is 0 Å². The van der Waals surface area contributed by atoms with E-state index in [1.54, 1.807) is 34.9 Å². The Kier molecular flexibility index (Phi) is 35.8. The van der Waals surface area contributed by atoms with Crippen molar-refractivity contribution in [2.45, 2.75) is 254 Å². The van der Waals surface area contributed by atoms with Gasteiger partial charge in [0, 0.05) is 78.7 Å². The molecule has 7 aromatic carbocycles. The van der Waals surface area contributed by atoms with E-state index in [-0.39, 0.29) is 101 Å². The lowest BCUT2D eigenvalue weighted by Gasteiger charge is -2.29. The summed E-state index contributed by atoms with van der Waals surface area (Å²) in [7, 11) is 0. The van der Waals surface area contributed by atoms with Gasteiger partial charge in [-0.25, -0.2) is 4.79 Å². The third-order valence-corrected chi connectivity index (χ3v) is 23.2. The first-order valence-electron chi connectivity index (χ1n) is 43.5. The summed E-state index contributed by atoms with van der Waals surface area (Å²) in [5.41, 5.74) is 13.0. The van der Waals surface area contributed by atoms with Crippen LogP contribution < -0.4 is 24.8 Å². The Morgan fingerprint density at radius 3 is 1.08 bits per heavy atom. The zero-order chi connectivity index (χ0) is 87.6. The van der Waals surface area contributed by atoms with Crippen molar-refractivity contribution < 1.29 is 72.9 Å². The Hall–Kier alpha value is -10.5. The number of hydrogen-bond acceptors (Lipinski definition) is 16. The average molecular weight is 1660 g/mol. The van der Waals surface area contributed by atoms with Crippen LogP contribution in [0.4, 0.5) is 0 Å². The van der Waals surface area contributed by atoms with Crippen molar-refractivity contribution in [3.63, 3.8) is 0 Å². The number of phenols is 2. The third-order valence-electron chi connectivity index (χ3n) is 23.2. The van der Waals surface area contributed by atoms with Crippen LogP contribution in [0.25, 0.3) is 16.7 Å². The van der Waals surface area contributed by atoms with Crippen molar-refractivity contribution in [2.24, 2.45) is 11.8 Å². The van der Waals surface area contributed by atoms with E-state index < -0.39 is 12.0 Å². The van der Waals surface area contributed by atoms with E-state index in [4.69, 9.17) is 23.7 Å². The average Bonchev–Trinajstić information content (AvgIpc) is 1.76. The Morgan fingerprint density at radius 1 is 0.421 bits per heavy atom. The van der Waals surface area contributed by atoms with Gasteiger partial charge in [0.2, 0.25) is 0 Å². The number of aromatic carboxylic acids is 1. The lowest BCUT2D eigenvalue weighted by molar-refractivity contribution is -0.152. The van der Waals surface area contributed by atoms with Crippen LogP contribution in [0, 0.1) is 32.6 Å². The van der Waals surface area contributed by atoms with Gasteiger partial charge in [0.15, 0.2) is 0 Å². The normalized spacial score (nSPS) is 16.9. The van der Waals surface area contributed by atoms with Crippen LogP contribution >= 0.6 is 0 Å². The number of carbonyl (C=O) groups excluding carboxylic acids is 5. The molecule has 3 amide bonds. The van der Waals surface area contributed by atoms with Gasteiger partial charge in [-0.3, -0.25) is 24.0 Å². The molecule has 12 rings (SSSR count). The van der Waals surface area contributed by atoms with Gasteiger partial charge < -0.3 is 69.4 Å². The number of rotatable bonds is 32. The standard InChI is InChI=1S/C34H46N2O4.C26H40N2O5.C23H27NO3.C18H18O3/c1-23(2)18-31(34(38)40-28-15-9-10-16-28)35-21-27-14-11-17-36(27)33(37)30-20-29(24(3)4)32(19-25(30)5)39-22-26-12-7-6-8-13-26;1-16(2)12-22(26(32)33-19-9-5-6-10-19)27-15-18-8-7-11-28(18)25(31)21-13-20(17(3)4)23(29)14-24(21)30;1-16(2)20-13-21(23(26)24-11-7-10-19(24)14-25)17(3)12-22(20)27-15-18-8-5-4-6-9-18;1-12(2)15-10-16(18(19)20)13(3)9-17(15)21-11-14-7-5-4-6-8-14/h6-8,12-13,19-20,23,27-28,31,35H,3,9-11,14-18,21-22H2,1-2,4-5H3;13-14,16-19,22,27,29-30H,5-12,15H2,1-4H3;4-6,8-9,12-13,19,25H,1,7,10-11,14-15H2,2-3H3;4-10H,1,11H2,2-3H3,(H,19,20)/t27-,31+;18-,22+;19-;/m111./s1. The monoisotopic (exact) mass is 1650 g/mol. The van der Waals surface area contributed by atoms with Gasteiger partial charge in [-0.1, -0.05) is 152 Å². The molecule has 3 saturated heterocycles. The summed E-state index contributed by atoms with van der Waals surface area (Å²) in [4.78, 5) is 82.8. The van der Waals surface area contributed by atoms with Crippen LogP contribution in [-0.2, 0) is 38.9 Å². The lowest BCUT2D eigenvalue weighted by Crippen LogP contribution is -2.48. The van der Waals surface area contributed by atoms with Gasteiger partial charge in [-0.15, -0.1) is 0 Å². The van der Waals surface area contributed by atoms with Gasteiger partial charge in [0.05, 0.1) is 23.8 Å². The second-order valence-corrected chi connectivity index (χ2v) is 34.5. The number of nitrogens with zero attached hydrogens (tertiary/aromatic N) is 3. The molecule has 0 bridgehead atoms. The fraction of sp³-hybridized carbons (Fsp3) is 0.465. The van der Waals surface area contributed by atoms with Gasteiger partial charge in [0.25, 0.3) is 17.7 Å². The number of aliphatic hydroxyl groups is 1. The lowest BCUT2D eigenvalue weighted by atomic mass is 9.98. The number of esters is 2. The Morgan fingerprint density at radius 2 is 0.752 bits per heavy atom. The van der Waals surface area contributed by atoms with E-state index in [1.807, 2.05) is 169 Å². The zero-order valence-corrected chi connectivity index (χ0v) is 73.5. The first-order valence-corrected chi connectivity index (χ1v) is 43.5. The number of allylic oxidation sites excluding steroid dienone is 3. The molecule has 20 heteroatoms. The second-order valence-electron chi connectivity index (χ2n) is 34.5. The number of carboxylic acid groups (broad SMARTS) is 1. The van der Waals surface area contributed by atoms with Crippen molar-refractivity contribution in [2.75, 3.05) is 39.3 Å². The molecule has 3 aliphatic heterocycles. The third kappa shape index (κ3) is 27.0. The molecular formula is C101H131N5O15. The Labute approximate surface area is 717 Å². The number of hydrogen-bond donors (Lipinski definition) is 6. The van der Waals surface area contributed by atoms with Gasteiger partial charge >= 0.3 is 17.9 Å². The maximum Gasteiger partial charge on any atom is 0.335 e. The van der Waals surface area contributed by atoms with E-state index in [0.717, 1.165) is 169 Å². The Bertz CT molecular complexity index is 4660. The van der Waals surface area contributed by atoms with Crippen LogP contribution in [0.3, 0.4) is 0 Å². The molecule has 650 valence electrons. The van der Waals surface area contributed by atoms with Crippen LogP contribution in [0.5, 0.6) is 28.7 Å². The summed E-state index contributed by atoms with van der Waals surface area (Å²) in [6.07, 6.45) is 15.1. The number of aryl methyl sites for hydroxylation is 3. The summed E-state index contributed by atoms with van der Waals surface area (Å²) in [6.45, 7) is 40.2. The molecule has 3 heterocycles. The van der Waals surface area contributed by atoms with Gasteiger partial charge in [-0.2, -0.15) is 0 Å². The molecule has 20 nitrogen and oxygen atoms in total. The minimum Gasteiger partial charge on any atom is -0.508 e. The Balaban J connectivity index is 0.000000188. The number of likely N-dealkylation sites (tertiary alicyclic amines) is 3. The molecular weight excluding hydrogens is 1520 g/mol. The summed E-state index contributed by atoms with van der Waals surface area (Å²) >= 11 is 0. The minimum atomic E-state index is -0.940. The van der Waals surface area contributed by atoms with E-state index in [2.05, 4.69) is 58.1 Å². The van der Waals surface area contributed by atoms with Crippen molar-refractivity contribution in [3.05, 3.63) is 237 Å². The van der Waals surface area contributed by atoms with Gasteiger partial charge in [-0.05, 0) is 260 Å².